The number of esters is 1. The number of ether oxygens (including phenoxy) is 1. The molecular weight excluding hydrogens is 386 g/mol. The minimum atomic E-state index is -3.69. The highest BCUT2D eigenvalue weighted by atomic mass is 32.2. The number of carbonyl (C=O) groups excluding carboxylic acids is 3. The van der Waals surface area contributed by atoms with E-state index in [4.69, 9.17) is 0 Å². The molecule has 0 saturated carbocycles. The molecule has 0 radical (unpaired) electrons. The maximum Gasteiger partial charge on any atom is 0.337 e. The number of amides is 2. The third-order valence-electron chi connectivity index (χ3n) is 3.73. The summed E-state index contributed by atoms with van der Waals surface area (Å²) in [6, 6.07) is 11.1. The van der Waals surface area contributed by atoms with Gasteiger partial charge in [0.2, 0.25) is 10.0 Å². The SMILES string of the molecule is COC(=O)c1ccc(C(=O)NNC(=O)c2cccc(S(=O)(=O)N(C)C)c2)cc1. The maximum atomic E-state index is 12.2. The Balaban J connectivity index is 2.06. The van der Waals surface area contributed by atoms with Crippen molar-refractivity contribution in [2.75, 3.05) is 21.2 Å². The van der Waals surface area contributed by atoms with E-state index >= 15 is 0 Å². The van der Waals surface area contributed by atoms with E-state index < -0.39 is 27.8 Å². The van der Waals surface area contributed by atoms with Gasteiger partial charge in [0.05, 0.1) is 17.6 Å². The van der Waals surface area contributed by atoms with E-state index in [0.29, 0.717) is 0 Å². The van der Waals surface area contributed by atoms with Crippen LogP contribution >= 0.6 is 0 Å². The number of hydrazine groups is 1. The Morgan fingerprint density at radius 3 is 1.93 bits per heavy atom. The Kier molecular flexibility index (Phi) is 6.49. The first kappa shape index (κ1) is 21.1. The fraction of sp³-hybridized carbons (Fsp3) is 0.167. The molecule has 0 aliphatic rings. The van der Waals surface area contributed by atoms with Gasteiger partial charge in [0, 0.05) is 25.2 Å². The number of hydrogen-bond donors (Lipinski definition) is 2. The predicted molar refractivity (Wildman–Crippen MR) is 100 cm³/mol. The van der Waals surface area contributed by atoms with Crippen molar-refractivity contribution in [3.05, 3.63) is 65.2 Å². The largest absolute Gasteiger partial charge is 0.465 e. The minimum absolute atomic E-state index is 0.0464. The lowest BCUT2D eigenvalue weighted by atomic mass is 10.1. The molecule has 9 nitrogen and oxygen atoms in total. The topological polar surface area (TPSA) is 122 Å². The van der Waals surface area contributed by atoms with Gasteiger partial charge in [0.15, 0.2) is 0 Å². The zero-order valence-corrected chi connectivity index (χ0v) is 16.2. The molecule has 148 valence electrons. The molecule has 2 N–H and O–H groups in total. The quantitative estimate of drug-likeness (QED) is 0.560. The van der Waals surface area contributed by atoms with Crippen LogP contribution in [-0.4, -0.2) is 51.7 Å². The molecule has 2 aromatic rings. The summed E-state index contributed by atoms with van der Waals surface area (Å²) in [7, 11) is 0.320. The van der Waals surface area contributed by atoms with Gasteiger partial charge in [-0.05, 0) is 42.5 Å². The van der Waals surface area contributed by atoms with Crippen molar-refractivity contribution in [2.24, 2.45) is 0 Å². The number of sulfonamides is 1. The Morgan fingerprint density at radius 2 is 1.39 bits per heavy atom. The monoisotopic (exact) mass is 405 g/mol. The summed E-state index contributed by atoms with van der Waals surface area (Å²) in [4.78, 5) is 35.7. The van der Waals surface area contributed by atoms with Crippen molar-refractivity contribution in [3.8, 4) is 0 Å². The predicted octanol–water partition coefficient (Wildman–Crippen LogP) is 0.798. The first-order chi connectivity index (χ1) is 13.2. The molecule has 0 spiro atoms. The summed E-state index contributed by atoms with van der Waals surface area (Å²) < 4.78 is 29.9. The van der Waals surface area contributed by atoms with Gasteiger partial charge in [0.1, 0.15) is 0 Å². The molecular formula is C18H19N3O6S. The molecule has 2 aromatic carbocycles. The Morgan fingerprint density at radius 1 is 0.857 bits per heavy atom. The summed E-state index contributed by atoms with van der Waals surface area (Å²) in [6.07, 6.45) is 0. The van der Waals surface area contributed by atoms with Gasteiger partial charge in [-0.3, -0.25) is 20.4 Å². The third-order valence-corrected chi connectivity index (χ3v) is 5.54. The maximum absolute atomic E-state index is 12.2. The second-order valence-electron chi connectivity index (χ2n) is 5.79. The highest BCUT2D eigenvalue weighted by Crippen LogP contribution is 2.14. The van der Waals surface area contributed by atoms with Crippen molar-refractivity contribution in [1.29, 1.82) is 0 Å². The summed E-state index contributed by atoms with van der Waals surface area (Å²) >= 11 is 0. The van der Waals surface area contributed by atoms with E-state index in [0.717, 1.165) is 4.31 Å². The first-order valence-electron chi connectivity index (χ1n) is 7.98. The smallest absolute Gasteiger partial charge is 0.337 e. The van der Waals surface area contributed by atoms with Gasteiger partial charge >= 0.3 is 5.97 Å². The number of rotatable bonds is 5. The van der Waals surface area contributed by atoms with Crippen LogP contribution in [-0.2, 0) is 14.8 Å². The number of nitrogens with zero attached hydrogens (tertiary/aromatic N) is 1. The van der Waals surface area contributed by atoms with Crippen LogP contribution in [0.15, 0.2) is 53.4 Å². The van der Waals surface area contributed by atoms with Crippen LogP contribution in [0, 0.1) is 0 Å². The Bertz CT molecular complexity index is 1000. The van der Waals surface area contributed by atoms with E-state index in [-0.39, 0.29) is 21.6 Å². The molecule has 0 bridgehead atoms. The highest BCUT2D eigenvalue weighted by molar-refractivity contribution is 7.89. The van der Waals surface area contributed by atoms with E-state index in [9.17, 15) is 22.8 Å². The summed E-state index contributed by atoms with van der Waals surface area (Å²) in [6.45, 7) is 0. The summed E-state index contributed by atoms with van der Waals surface area (Å²) in [5, 5.41) is 0. The minimum Gasteiger partial charge on any atom is -0.465 e. The van der Waals surface area contributed by atoms with Gasteiger partial charge in [-0.2, -0.15) is 0 Å². The second-order valence-corrected chi connectivity index (χ2v) is 7.94. The van der Waals surface area contributed by atoms with Crippen LogP contribution in [0.3, 0.4) is 0 Å². The lowest BCUT2D eigenvalue weighted by molar-refractivity contribution is 0.0600. The van der Waals surface area contributed by atoms with Crippen LogP contribution in [0.2, 0.25) is 0 Å². The first-order valence-corrected chi connectivity index (χ1v) is 9.42. The van der Waals surface area contributed by atoms with Crippen LogP contribution in [0.4, 0.5) is 0 Å². The number of nitrogens with one attached hydrogen (secondary N) is 2. The van der Waals surface area contributed by atoms with Crippen molar-refractivity contribution in [2.45, 2.75) is 4.90 Å². The molecule has 10 heteroatoms. The molecule has 2 amide bonds. The van der Waals surface area contributed by atoms with Crippen LogP contribution < -0.4 is 10.9 Å². The molecule has 0 aliphatic carbocycles. The average molecular weight is 405 g/mol. The number of carbonyl (C=O) groups is 3. The molecule has 0 atom stereocenters. The van der Waals surface area contributed by atoms with Gasteiger partial charge in [-0.25, -0.2) is 17.5 Å². The van der Waals surface area contributed by atoms with E-state index in [1.165, 1.54) is 69.7 Å². The van der Waals surface area contributed by atoms with Crippen molar-refractivity contribution in [3.63, 3.8) is 0 Å². The average Bonchev–Trinajstić information content (AvgIpc) is 2.71. The summed E-state index contributed by atoms with van der Waals surface area (Å²) in [5.41, 5.74) is 4.99. The summed E-state index contributed by atoms with van der Waals surface area (Å²) in [5.74, 6) is -1.83. The van der Waals surface area contributed by atoms with Gasteiger partial charge in [-0.15, -0.1) is 0 Å². The van der Waals surface area contributed by atoms with Crippen LogP contribution in [0.1, 0.15) is 31.1 Å². The van der Waals surface area contributed by atoms with Crippen LogP contribution in [0.5, 0.6) is 0 Å². The van der Waals surface area contributed by atoms with E-state index in [1.54, 1.807) is 0 Å². The van der Waals surface area contributed by atoms with E-state index in [2.05, 4.69) is 15.6 Å². The molecule has 0 fully saturated rings. The molecule has 2 rings (SSSR count). The zero-order chi connectivity index (χ0) is 20.9. The Hall–Kier alpha value is -3.24. The lowest BCUT2D eigenvalue weighted by Gasteiger charge is -2.12. The third kappa shape index (κ3) is 4.72. The van der Waals surface area contributed by atoms with Gasteiger partial charge in [-0.1, -0.05) is 6.07 Å². The van der Waals surface area contributed by atoms with E-state index in [1.807, 2.05) is 0 Å². The normalized spacial score (nSPS) is 11.0. The fourth-order valence-corrected chi connectivity index (χ4v) is 3.09. The zero-order valence-electron chi connectivity index (χ0n) is 15.4. The Labute approximate surface area is 162 Å². The molecule has 0 saturated heterocycles. The molecule has 0 aromatic heterocycles. The van der Waals surface area contributed by atoms with Gasteiger partial charge in [0.25, 0.3) is 11.8 Å². The second kappa shape index (κ2) is 8.63. The van der Waals surface area contributed by atoms with Gasteiger partial charge < -0.3 is 4.74 Å². The van der Waals surface area contributed by atoms with Crippen molar-refractivity contribution in [1.82, 2.24) is 15.2 Å². The number of hydrogen-bond acceptors (Lipinski definition) is 6. The van der Waals surface area contributed by atoms with Crippen molar-refractivity contribution >= 4 is 27.8 Å². The standard InChI is InChI=1S/C18H19N3O6S/c1-21(2)28(25,26)15-6-4-5-14(11-15)17(23)20-19-16(22)12-7-9-13(10-8-12)18(24)27-3/h4-11H,1-3H3,(H,19,22)(H,20,23). The fourth-order valence-electron chi connectivity index (χ4n) is 2.14. The molecule has 0 unspecified atom stereocenters. The molecule has 28 heavy (non-hydrogen) atoms. The van der Waals surface area contributed by atoms with Crippen LogP contribution in [0.25, 0.3) is 0 Å². The molecule has 0 aliphatic heterocycles. The number of benzene rings is 2. The number of methoxy groups -OCH3 is 1. The van der Waals surface area contributed by atoms with Crippen molar-refractivity contribution < 1.29 is 27.5 Å². The lowest BCUT2D eigenvalue weighted by Crippen LogP contribution is -2.41. The highest BCUT2D eigenvalue weighted by Gasteiger charge is 2.19. The molecule has 0 heterocycles.